The number of hydrogen-bond acceptors (Lipinski definition) is 5. The summed E-state index contributed by atoms with van der Waals surface area (Å²) in [6.45, 7) is 2.34. The predicted molar refractivity (Wildman–Crippen MR) is 89.8 cm³/mol. The Morgan fingerprint density at radius 3 is 2.73 bits per heavy atom. The lowest BCUT2D eigenvalue weighted by Crippen LogP contribution is -2.52. The monoisotopic (exact) mass is 353 g/mol. The van der Waals surface area contributed by atoms with E-state index in [1.54, 1.807) is 13.0 Å². The van der Waals surface area contributed by atoms with Gasteiger partial charge in [-0.1, -0.05) is 0 Å². The van der Waals surface area contributed by atoms with Crippen LogP contribution >= 0.6 is 0 Å². The Balaban J connectivity index is 1.35. The molecule has 7 nitrogen and oxygen atoms in total. The third-order valence-corrected chi connectivity index (χ3v) is 6.01. The molecule has 3 fully saturated rings. The number of amides is 3. The van der Waals surface area contributed by atoms with Crippen molar-refractivity contribution in [3.63, 3.8) is 0 Å². The summed E-state index contributed by atoms with van der Waals surface area (Å²) in [5, 5.41) is 12.1. The van der Waals surface area contributed by atoms with Crippen LogP contribution in [0.25, 0.3) is 0 Å². The number of nitrogens with one attached hydrogen (secondary N) is 1. The van der Waals surface area contributed by atoms with E-state index in [1.807, 2.05) is 6.07 Å². The van der Waals surface area contributed by atoms with Crippen LogP contribution < -0.4 is 14.8 Å². The number of hydrogen-bond donors (Lipinski definition) is 1. The summed E-state index contributed by atoms with van der Waals surface area (Å²) >= 11 is 0. The van der Waals surface area contributed by atoms with Crippen LogP contribution in [0.3, 0.4) is 0 Å². The maximum atomic E-state index is 12.1. The van der Waals surface area contributed by atoms with Crippen LogP contribution in [-0.2, 0) is 10.2 Å². The summed E-state index contributed by atoms with van der Waals surface area (Å²) in [6.07, 6.45) is 3.19. The number of ether oxygens (including phenoxy) is 2. The van der Waals surface area contributed by atoms with Gasteiger partial charge in [0.15, 0.2) is 0 Å². The number of benzene rings is 1. The normalized spacial score (nSPS) is 30.3. The van der Waals surface area contributed by atoms with Crippen LogP contribution in [0.5, 0.6) is 11.5 Å². The van der Waals surface area contributed by atoms with Crippen molar-refractivity contribution in [3.8, 4) is 17.6 Å². The molecule has 1 aromatic carbocycles. The number of urea groups is 1. The summed E-state index contributed by atoms with van der Waals surface area (Å²) in [5.74, 6) is 1.27. The summed E-state index contributed by atoms with van der Waals surface area (Å²) in [5.41, 5.74) is 1.57. The highest BCUT2D eigenvalue weighted by Crippen LogP contribution is 2.59. The highest BCUT2D eigenvalue weighted by atomic mass is 16.5. The van der Waals surface area contributed by atoms with E-state index in [0.717, 1.165) is 24.2 Å². The summed E-state index contributed by atoms with van der Waals surface area (Å²) in [6, 6.07) is 4.90. The molecule has 4 aliphatic rings. The minimum absolute atomic E-state index is 0.0148. The van der Waals surface area contributed by atoms with E-state index in [0.29, 0.717) is 30.8 Å². The van der Waals surface area contributed by atoms with Crippen LogP contribution in [-0.4, -0.2) is 41.6 Å². The average molecular weight is 353 g/mol. The minimum atomic E-state index is -0.461. The average Bonchev–Trinajstić information content (AvgIpc) is 3.21. The molecule has 2 saturated carbocycles. The molecule has 26 heavy (non-hydrogen) atoms. The molecule has 5 rings (SSSR count). The number of carbonyl (C=O) groups is 2. The largest absolute Gasteiger partial charge is 0.492 e. The maximum Gasteiger partial charge on any atom is 0.325 e. The van der Waals surface area contributed by atoms with Gasteiger partial charge in [-0.15, -0.1) is 0 Å². The zero-order valence-electron chi connectivity index (χ0n) is 14.4. The van der Waals surface area contributed by atoms with E-state index in [1.165, 1.54) is 4.90 Å². The first-order chi connectivity index (χ1) is 12.5. The van der Waals surface area contributed by atoms with Gasteiger partial charge in [0.05, 0.1) is 12.2 Å². The number of fused-ring (bicyclic) bond motifs is 2. The van der Waals surface area contributed by atoms with Crippen molar-refractivity contribution >= 4 is 11.9 Å². The lowest BCUT2D eigenvalue weighted by molar-refractivity contribution is -0.131. The van der Waals surface area contributed by atoms with E-state index < -0.39 is 6.04 Å². The lowest BCUT2D eigenvalue weighted by atomic mass is 9.87. The van der Waals surface area contributed by atoms with Crippen molar-refractivity contribution < 1.29 is 19.1 Å². The predicted octanol–water partition coefficient (Wildman–Crippen LogP) is 1.83. The molecule has 0 unspecified atom stereocenters. The SMILES string of the molecule is C[C@H]1NC(=O)N(C2CC(Oc3c(C#N)ccc4c3C3(CC3)CO4)C2)C1=O. The van der Waals surface area contributed by atoms with Crippen molar-refractivity contribution in [1.29, 1.82) is 5.26 Å². The molecule has 1 aromatic rings. The topological polar surface area (TPSA) is 91.7 Å². The fourth-order valence-electron chi connectivity index (χ4n) is 4.21. The van der Waals surface area contributed by atoms with Gasteiger partial charge in [-0.2, -0.15) is 5.26 Å². The van der Waals surface area contributed by atoms with Gasteiger partial charge in [0.1, 0.15) is 29.7 Å². The van der Waals surface area contributed by atoms with Crippen molar-refractivity contribution in [2.45, 2.75) is 56.2 Å². The van der Waals surface area contributed by atoms with Gasteiger partial charge in [-0.05, 0) is 31.9 Å². The molecule has 0 bridgehead atoms. The van der Waals surface area contributed by atoms with Gasteiger partial charge >= 0.3 is 6.03 Å². The van der Waals surface area contributed by atoms with Gasteiger partial charge in [0, 0.05) is 29.9 Å². The Morgan fingerprint density at radius 2 is 2.12 bits per heavy atom. The molecule has 2 aliphatic heterocycles. The number of nitrogens with zero attached hydrogens (tertiary/aromatic N) is 2. The Labute approximate surface area is 150 Å². The number of carbonyl (C=O) groups excluding carboxylic acids is 2. The second kappa shape index (κ2) is 5.13. The van der Waals surface area contributed by atoms with Crippen molar-refractivity contribution in [2.24, 2.45) is 0 Å². The van der Waals surface area contributed by atoms with Gasteiger partial charge < -0.3 is 14.8 Å². The molecular formula is C19H19N3O4. The van der Waals surface area contributed by atoms with E-state index in [-0.39, 0.29) is 29.5 Å². The number of imide groups is 1. The number of rotatable bonds is 3. The standard InChI is InChI=1S/C19H19N3O4/c1-10-17(23)22(18(24)21-10)12-6-13(7-12)26-16-11(8-20)2-3-14-15(16)19(4-5-19)9-25-14/h2-3,10,12-13H,4-7,9H2,1H3,(H,21,24)/t10-,12?,13?/m1/s1. The van der Waals surface area contributed by atoms with E-state index in [4.69, 9.17) is 9.47 Å². The fraction of sp³-hybridized carbons (Fsp3) is 0.526. The van der Waals surface area contributed by atoms with Crippen molar-refractivity contribution in [2.75, 3.05) is 6.61 Å². The molecule has 7 heteroatoms. The molecule has 1 atom stereocenters. The first-order valence-corrected chi connectivity index (χ1v) is 9.03. The summed E-state index contributed by atoms with van der Waals surface area (Å²) < 4.78 is 12.0. The van der Waals surface area contributed by atoms with Gasteiger partial charge in [0.25, 0.3) is 5.91 Å². The van der Waals surface area contributed by atoms with Gasteiger partial charge in [-0.25, -0.2) is 4.79 Å². The van der Waals surface area contributed by atoms with Crippen molar-refractivity contribution in [1.82, 2.24) is 10.2 Å². The first-order valence-electron chi connectivity index (χ1n) is 9.03. The van der Waals surface area contributed by atoms with Crippen LogP contribution in [0.4, 0.5) is 4.79 Å². The molecule has 2 aliphatic carbocycles. The van der Waals surface area contributed by atoms with E-state index in [9.17, 15) is 14.9 Å². The number of nitriles is 1. The fourth-order valence-corrected chi connectivity index (χ4v) is 4.21. The van der Waals surface area contributed by atoms with Crippen LogP contribution in [0.2, 0.25) is 0 Å². The van der Waals surface area contributed by atoms with Crippen LogP contribution in [0.1, 0.15) is 43.7 Å². The first kappa shape index (κ1) is 15.5. The molecule has 2 heterocycles. The molecule has 1 spiro atoms. The van der Waals surface area contributed by atoms with Gasteiger partial charge in [0.2, 0.25) is 0 Å². The maximum absolute atomic E-state index is 12.1. The quantitative estimate of drug-likeness (QED) is 0.837. The molecule has 1 saturated heterocycles. The second-order valence-corrected chi connectivity index (χ2v) is 7.74. The third kappa shape index (κ3) is 2.05. The third-order valence-electron chi connectivity index (χ3n) is 6.01. The zero-order valence-corrected chi connectivity index (χ0v) is 14.4. The van der Waals surface area contributed by atoms with Crippen LogP contribution in [0.15, 0.2) is 12.1 Å². The highest BCUT2D eigenvalue weighted by molar-refractivity contribution is 6.04. The molecular weight excluding hydrogens is 334 g/mol. The van der Waals surface area contributed by atoms with Crippen LogP contribution in [0, 0.1) is 11.3 Å². The van der Waals surface area contributed by atoms with E-state index in [2.05, 4.69) is 11.4 Å². The lowest BCUT2D eigenvalue weighted by Gasteiger charge is -2.39. The minimum Gasteiger partial charge on any atom is -0.492 e. The molecule has 0 aromatic heterocycles. The molecule has 3 amide bonds. The molecule has 134 valence electrons. The highest BCUT2D eigenvalue weighted by Gasteiger charge is 2.54. The Morgan fingerprint density at radius 1 is 1.35 bits per heavy atom. The molecule has 0 radical (unpaired) electrons. The Kier molecular flexibility index (Phi) is 3.06. The Hall–Kier alpha value is -2.75. The van der Waals surface area contributed by atoms with E-state index >= 15 is 0 Å². The Bertz CT molecular complexity index is 864. The summed E-state index contributed by atoms with van der Waals surface area (Å²) in [7, 11) is 0. The van der Waals surface area contributed by atoms with Crippen molar-refractivity contribution in [3.05, 3.63) is 23.3 Å². The summed E-state index contributed by atoms with van der Waals surface area (Å²) in [4.78, 5) is 25.4. The molecule has 1 N–H and O–H groups in total. The second-order valence-electron chi connectivity index (χ2n) is 7.74. The smallest absolute Gasteiger partial charge is 0.325 e. The van der Waals surface area contributed by atoms with Gasteiger partial charge in [-0.3, -0.25) is 9.69 Å². The zero-order chi connectivity index (χ0) is 18.1.